The number of halogens is 1. The molecule has 0 bridgehead atoms. The fourth-order valence-corrected chi connectivity index (χ4v) is 1.43. The summed E-state index contributed by atoms with van der Waals surface area (Å²) in [4.78, 5) is 2.06. The van der Waals surface area contributed by atoms with Gasteiger partial charge in [-0.25, -0.2) is 4.39 Å². The summed E-state index contributed by atoms with van der Waals surface area (Å²) in [6.07, 6.45) is 0. The van der Waals surface area contributed by atoms with Gasteiger partial charge >= 0.3 is 0 Å². The maximum atomic E-state index is 12.9. The van der Waals surface area contributed by atoms with Crippen molar-refractivity contribution in [3.63, 3.8) is 0 Å². The molecule has 0 heterocycles. The van der Waals surface area contributed by atoms with Gasteiger partial charge in [0.05, 0.1) is 6.61 Å². The Hall–Kier alpha value is -0.930. The maximum absolute atomic E-state index is 12.9. The predicted molar refractivity (Wildman–Crippen MR) is 63.8 cm³/mol. The summed E-state index contributed by atoms with van der Waals surface area (Å²) < 4.78 is 12.9. The quantitative estimate of drug-likeness (QED) is 0.850. The SMILES string of the molecule is Cc1cc(F)ccc1CN(C)C(C)(C)CO. The van der Waals surface area contributed by atoms with Gasteiger partial charge in [-0.05, 0) is 51.1 Å². The molecule has 16 heavy (non-hydrogen) atoms. The van der Waals surface area contributed by atoms with Crippen molar-refractivity contribution in [2.45, 2.75) is 32.9 Å². The van der Waals surface area contributed by atoms with Gasteiger partial charge in [0.15, 0.2) is 0 Å². The minimum atomic E-state index is -0.263. The molecule has 90 valence electrons. The van der Waals surface area contributed by atoms with Crippen molar-refractivity contribution in [2.24, 2.45) is 0 Å². The number of aliphatic hydroxyl groups excluding tert-OH is 1. The number of hydrogen-bond donors (Lipinski definition) is 1. The molecule has 3 heteroatoms. The summed E-state index contributed by atoms with van der Waals surface area (Å²) in [5, 5.41) is 9.25. The largest absolute Gasteiger partial charge is 0.394 e. The van der Waals surface area contributed by atoms with Crippen LogP contribution in [0.5, 0.6) is 0 Å². The monoisotopic (exact) mass is 225 g/mol. The number of benzene rings is 1. The van der Waals surface area contributed by atoms with Crippen molar-refractivity contribution in [1.29, 1.82) is 0 Å². The highest BCUT2D eigenvalue weighted by Gasteiger charge is 2.22. The Morgan fingerprint density at radius 2 is 2.00 bits per heavy atom. The van der Waals surface area contributed by atoms with E-state index < -0.39 is 0 Å². The molecule has 0 aliphatic rings. The first-order chi connectivity index (χ1) is 7.36. The van der Waals surface area contributed by atoms with Crippen molar-refractivity contribution in [1.82, 2.24) is 4.90 Å². The van der Waals surface area contributed by atoms with Gasteiger partial charge < -0.3 is 5.11 Å². The zero-order valence-corrected chi connectivity index (χ0v) is 10.4. The second-order valence-electron chi connectivity index (χ2n) is 4.90. The summed E-state index contributed by atoms with van der Waals surface area (Å²) >= 11 is 0. The van der Waals surface area contributed by atoms with Crippen molar-refractivity contribution >= 4 is 0 Å². The topological polar surface area (TPSA) is 23.5 Å². The van der Waals surface area contributed by atoms with Gasteiger partial charge in [-0.3, -0.25) is 4.90 Å². The normalized spacial score (nSPS) is 12.2. The molecule has 0 radical (unpaired) electrons. The minimum absolute atomic E-state index is 0.101. The van der Waals surface area contributed by atoms with E-state index in [0.29, 0.717) is 6.54 Å². The van der Waals surface area contributed by atoms with Crippen LogP contribution in [0.2, 0.25) is 0 Å². The molecule has 0 spiro atoms. The molecule has 0 saturated heterocycles. The third-order valence-electron chi connectivity index (χ3n) is 3.13. The van der Waals surface area contributed by atoms with E-state index in [9.17, 15) is 9.50 Å². The van der Waals surface area contributed by atoms with Crippen molar-refractivity contribution in [3.05, 3.63) is 35.1 Å². The lowest BCUT2D eigenvalue weighted by atomic mass is 10.0. The number of rotatable bonds is 4. The Balaban J connectivity index is 2.81. The van der Waals surface area contributed by atoms with Crippen LogP contribution >= 0.6 is 0 Å². The van der Waals surface area contributed by atoms with Gasteiger partial charge in [0.1, 0.15) is 5.82 Å². The van der Waals surface area contributed by atoms with Crippen LogP contribution in [-0.4, -0.2) is 29.2 Å². The molecule has 1 aromatic rings. The van der Waals surface area contributed by atoms with Crippen LogP contribution in [0.25, 0.3) is 0 Å². The van der Waals surface area contributed by atoms with E-state index in [4.69, 9.17) is 0 Å². The van der Waals surface area contributed by atoms with E-state index in [2.05, 4.69) is 4.90 Å². The molecule has 0 saturated carbocycles. The molecule has 0 fully saturated rings. The molecule has 0 amide bonds. The lowest BCUT2D eigenvalue weighted by Gasteiger charge is -2.34. The van der Waals surface area contributed by atoms with Gasteiger partial charge in [0, 0.05) is 12.1 Å². The Kier molecular flexibility index (Phi) is 4.05. The van der Waals surface area contributed by atoms with Crippen molar-refractivity contribution in [2.75, 3.05) is 13.7 Å². The zero-order chi connectivity index (χ0) is 12.3. The van der Waals surface area contributed by atoms with Crippen LogP contribution in [0.4, 0.5) is 4.39 Å². The summed E-state index contributed by atoms with van der Waals surface area (Å²) in [5.41, 5.74) is 1.77. The minimum Gasteiger partial charge on any atom is -0.394 e. The first-order valence-corrected chi connectivity index (χ1v) is 5.44. The predicted octanol–water partition coefficient (Wildman–Crippen LogP) is 2.34. The molecule has 2 nitrogen and oxygen atoms in total. The first kappa shape index (κ1) is 13.1. The molecule has 0 aliphatic carbocycles. The van der Waals surface area contributed by atoms with Gasteiger partial charge in [0.25, 0.3) is 0 Å². The standard InChI is InChI=1S/C13H20FNO/c1-10-7-12(14)6-5-11(10)8-15(4)13(2,3)9-16/h5-7,16H,8-9H2,1-4H3. The van der Waals surface area contributed by atoms with E-state index >= 15 is 0 Å². The van der Waals surface area contributed by atoms with Crippen LogP contribution in [0, 0.1) is 12.7 Å². The number of aliphatic hydroxyl groups is 1. The Morgan fingerprint density at radius 1 is 1.38 bits per heavy atom. The summed E-state index contributed by atoms with van der Waals surface area (Å²) in [6, 6.07) is 4.81. The highest BCUT2D eigenvalue weighted by molar-refractivity contribution is 5.26. The fraction of sp³-hybridized carbons (Fsp3) is 0.538. The molecular formula is C13H20FNO. The summed E-state index contributed by atoms with van der Waals surface area (Å²) in [6.45, 7) is 6.67. The van der Waals surface area contributed by atoms with Crippen LogP contribution in [0.15, 0.2) is 18.2 Å². The molecule has 0 atom stereocenters. The van der Waals surface area contributed by atoms with Gasteiger partial charge in [-0.15, -0.1) is 0 Å². The molecule has 1 aromatic carbocycles. The lowest BCUT2D eigenvalue weighted by molar-refractivity contribution is 0.0732. The molecule has 0 aliphatic heterocycles. The van der Waals surface area contributed by atoms with Gasteiger partial charge in [0.2, 0.25) is 0 Å². The van der Waals surface area contributed by atoms with Gasteiger partial charge in [-0.1, -0.05) is 6.07 Å². The van der Waals surface area contributed by atoms with Crippen molar-refractivity contribution in [3.8, 4) is 0 Å². The Bertz CT molecular complexity index is 363. The number of nitrogens with zero attached hydrogens (tertiary/aromatic N) is 1. The van der Waals surface area contributed by atoms with E-state index in [1.807, 2.05) is 27.8 Å². The van der Waals surface area contributed by atoms with Crippen LogP contribution in [0.3, 0.4) is 0 Å². The molecule has 1 N–H and O–H groups in total. The fourth-order valence-electron chi connectivity index (χ4n) is 1.43. The first-order valence-electron chi connectivity index (χ1n) is 5.44. The van der Waals surface area contributed by atoms with E-state index in [1.165, 1.54) is 12.1 Å². The smallest absolute Gasteiger partial charge is 0.123 e. The number of likely N-dealkylation sites (N-methyl/N-ethyl adjacent to an activating group) is 1. The molecule has 0 aromatic heterocycles. The Morgan fingerprint density at radius 3 is 2.50 bits per heavy atom. The number of aryl methyl sites for hydroxylation is 1. The van der Waals surface area contributed by atoms with E-state index in [-0.39, 0.29) is 18.0 Å². The van der Waals surface area contributed by atoms with Crippen LogP contribution in [0.1, 0.15) is 25.0 Å². The average molecular weight is 225 g/mol. The maximum Gasteiger partial charge on any atom is 0.123 e. The van der Waals surface area contributed by atoms with E-state index in [0.717, 1.165) is 11.1 Å². The van der Waals surface area contributed by atoms with Crippen LogP contribution in [-0.2, 0) is 6.54 Å². The third kappa shape index (κ3) is 3.03. The van der Waals surface area contributed by atoms with E-state index in [1.54, 1.807) is 6.07 Å². The second-order valence-corrected chi connectivity index (χ2v) is 4.90. The molecular weight excluding hydrogens is 205 g/mol. The highest BCUT2D eigenvalue weighted by atomic mass is 19.1. The zero-order valence-electron chi connectivity index (χ0n) is 10.4. The Labute approximate surface area is 96.7 Å². The van der Waals surface area contributed by atoms with Gasteiger partial charge in [-0.2, -0.15) is 0 Å². The molecule has 1 rings (SSSR count). The van der Waals surface area contributed by atoms with Crippen LogP contribution < -0.4 is 0 Å². The highest BCUT2D eigenvalue weighted by Crippen LogP contribution is 2.18. The summed E-state index contributed by atoms with van der Waals surface area (Å²) in [7, 11) is 1.96. The molecule has 0 unspecified atom stereocenters. The summed E-state index contributed by atoms with van der Waals surface area (Å²) in [5.74, 6) is -0.203. The van der Waals surface area contributed by atoms with Crippen molar-refractivity contribution < 1.29 is 9.50 Å². The average Bonchev–Trinajstić information content (AvgIpc) is 2.22. The number of hydrogen-bond acceptors (Lipinski definition) is 2. The second kappa shape index (κ2) is 4.93. The third-order valence-corrected chi connectivity index (χ3v) is 3.13. The lowest BCUT2D eigenvalue weighted by Crippen LogP contribution is -2.43.